The summed E-state index contributed by atoms with van der Waals surface area (Å²) in [4.78, 5) is 12.8. The van der Waals surface area contributed by atoms with Crippen molar-refractivity contribution < 1.29 is 13.6 Å². The van der Waals surface area contributed by atoms with Crippen molar-refractivity contribution in [3.05, 3.63) is 16.4 Å². The molecule has 2 rings (SSSR count). The normalized spacial score (nSPS) is 15.9. The summed E-state index contributed by atoms with van der Waals surface area (Å²) in [6.07, 6.45) is 1.13. The molecule has 0 radical (unpaired) electrons. The third-order valence-corrected chi connectivity index (χ3v) is 2.04. The van der Waals surface area contributed by atoms with Crippen molar-refractivity contribution in [1.29, 1.82) is 0 Å². The van der Waals surface area contributed by atoms with Crippen molar-refractivity contribution in [3.8, 4) is 0 Å². The minimum absolute atomic E-state index is 0.275. The van der Waals surface area contributed by atoms with Gasteiger partial charge in [-0.25, -0.2) is 4.79 Å². The number of rotatable bonds is 3. The van der Waals surface area contributed by atoms with Crippen LogP contribution in [0.25, 0.3) is 0 Å². The highest BCUT2D eigenvalue weighted by atomic mass is 16.6. The molecule has 0 N–H and O–H groups in total. The SMILES string of the molecule is COCc1oc(=O)oc1N1CCC1. The van der Waals surface area contributed by atoms with Crippen molar-refractivity contribution in [2.24, 2.45) is 0 Å². The Bertz CT molecular complexity index is 336. The van der Waals surface area contributed by atoms with E-state index in [2.05, 4.69) is 0 Å². The molecule has 0 aliphatic carbocycles. The predicted octanol–water partition coefficient (Wildman–Crippen LogP) is 0.589. The van der Waals surface area contributed by atoms with E-state index in [0.29, 0.717) is 11.6 Å². The van der Waals surface area contributed by atoms with Gasteiger partial charge in [0.15, 0.2) is 5.76 Å². The molecule has 2 heterocycles. The molecule has 0 bridgehead atoms. The Hall–Kier alpha value is -1.23. The summed E-state index contributed by atoms with van der Waals surface area (Å²) in [7, 11) is 1.55. The summed E-state index contributed by atoms with van der Waals surface area (Å²) in [5.74, 6) is 0.347. The molecular weight excluding hydrogens is 174 g/mol. The lowest BCUT2D eigenvalue weighted by molar-refractivity contribution is 0.162. The van der Waals surface area contributed by atoms with E-state index in [4.69, 9.17) is 13.6 Å². The maximum Gasteiger partial charge on any atom is 0.520 e. The zero-order chi connectivity index (χ0) is 9.26. The summed E-state index contributed by atoms with van der Waals surface area (Å²) >= 11 is 0. The van der Waals surface area contributed by atoms with Crippen LogP contribution in [0.4, 0.5) is 5.88 Å². The zero-order valence-corrected chi connectivity index (χ0v) is 7.41. The zero-order valence-electron chi connectivity index (χ0n) is 7.41. The van der Waals surface area contributed by atoms with E-state index in [-0.39, 0.29) is 6.61 Å². The molecule has 1 aromatic rings. The van der Waals surface area contributed by atoms with Gasteiger partial charge in [-0.2, -0.15) is 0 Å². The summed E-state index contributed by atoms with van der Waals surface area (Å²) in [5, 5.41) is 0. The number of hydrogen-bond acceptors (Lipinski definition) is 5. The molecular formula is C8H11NO4. The number of anilines is 1. The van der Waals surface area contributed by atoms with E-state index < -0.39 is 5.82 Å². The monoisotopic (exact) mass is 185 g/mol. The fourth-order valence-electron chi connectivity index (χ4n) is 1.28. The van der Waals surface area contributed by atoms with E-state index in [1.165, 1.54) is 0 Å². The Morgan fingerprint density at radius 1 is 1.46 bits per heavy atom. The van der Waals surface area contributed by atoms with E-state index in [0.717, 1.165) is 19.5 Å². The summed E-state index contributed by atoms with van der Waals surface area (Å²) < 4.78 is 14.6. The van der Waals surface area contributed by atoms with Gasteiger partial charge in [-0.1, -0.05) is 0 Å². The molecule has 0 saturated carbocycles. The van der Waals surface area contributed by atoms with Crippen LogP contribution in [0.1, 0.15) is 12.2 Å². The molecule has 0 unspecified atom stereocenters. The lowest BCUT2D eigenvalue weighted by Gasteiger charge is -2.30. The first-order valence-electron chi connectivity index (χ1n) is 4.18. The molecule has 13 heavy (non-hydrogen) atoms. The number of nitrogens with zero attached hydrogens (tertiary/aromatic N) is 1. The second-order valence-corrected chi connectivity index (χ2v) is 2.96. The minimum Gasteiger partial charge on any atom is -0.391 e. The van der Waals surface area contributed by atoms with Crippen LogP contribution in [0, 0.1) is 0 Å². The van der Waals surface area contributed by atoms with Crippen molar-refractivity contribution >= 4 is 5.88 Å². The van der Waals surface area contributed by atoms with Crippen LogP contribution in [0.5, 0.6) is 0 Å². The first-order chi connectivity index (χ1) is 6.31. The van der Waals surface area contributed by atoms with Gasteiger partial charge in [-0.05, 0) is 6.42 Å². The highest BCUT2D eigenvalue weighted by Crippen LogP contribution is 2.24. The van der Waals surface area contributed by atoms with Crippen molar-refractivity contribution in [2.75, 3.05) is 25.1 Å². The van der Waals surface area contributed by atoms with E-state index in [1.807, 2.05) is 4.90 Å². The first-order valence-corrected chi connectivity index (χ1v) is 4.18. The lowest BCUT2D eigenvalue weighted by Crippen LogP contribution is -2.37. The van der Waals surface area contributed by atoms with E-state index >= 15 is 0 Å². The van der Waals surface area contributed by atoms with Gasteiger partial charge in [-0.15, -0.1) is 0 Å². The first kappa shape index (κ1) is 8.37. The van der Waals surface area contributed by atoms with E-state index in [1.54, 1.807) is 7.11 Å². The van der Waals surface area contributed by atoms with Crippen LogP contribution in [-0.4, -0.2) is 20.2 Å². The molecule has 0 aromatic carbocycles. The van der Waals surface area contributed by atoms with Crippen LogP contribution >= 0.6 is 0 Å². The van der Waals surface area contributed by atoms with Crippen LogP contribution in [0.15, 0.2) is 13.6 Å². The van der Waals surface area contributed by atoms with Gasteiger partial charge in [-0.3, -0.25) is 0 Å². The average Bonchev–Trinajstić information content (AvgIpc) is 2.29. The van der Waals surface area contributed by atoms with Crippen LogP contribution in [0.3, 0.4) is 0 Å². The Balaban J connectivity index is 2.25. The number of methoxy groups -OCH3 is 1. The quantitative estimate of drug-likeness (QED) is 0.689. The molecule has 5 heteroatoms. The average molecular weight is 185 g/mol. The molecule has 0 spiro atoms. The minimum atomic E-state index is -0.658. The highest BCUT2D eigenvalue weighted by molar-refractivity contribution is 5.40. The predicted molar refractivity (Wildman–Crippen MR) is 44.8 cm³/mol. The Kier molecular flexibility index (Phi) is 2.10. The van der Waals surface area contributed by atoms with Gasteiger partial charge in [0.1, 0.15) is 6.61 Å². The van der Waals surface area contributed by atoms with Gasteiger partial charge >= 0.3 is 5.82 Å². The fourth-order valence-corrected chi connectivity index (χ4v) is 1.28. The van der Waals surface area contributed by atoms with Crippen molar-refractivity contribution in [3.63, 3.8) is 0 Å². The third kappa shape index (κ3) is 1.47. The number of ether oxygens (including phenoxy) is 1. The molecule has 5 nitrogen and oxygen atoms in total. The lowest BCUT2D eigenvalue weighted by atomic mass is 10.2. The van der Waals surface area contributed by atoms with Crippen LogP contribution in [0.2, 0.25) is 0 Å². The molecule has 1 aromatic heterocycles. The molecule has 72 valence electrons. The summed E-state index contributed by atoms with van der Waals surface area (Å²) in [6, 6.07) is 0. The molecule has 1 saturated heterocycles. The van der Waals surface area contributed by atoms with Gasteiger partial charge in [0.05, 0.1) is 0 Å². The smallest absolute Gasteiger partial charge is 0.391 e. The van der Waals surface area contributed by atoms with E-state index in [9.17, 15) is 4.79 Å². The Morgan fingerprint density at radius 3 is 2.77 bits per heavy atom. The van der Waals surface area contributed by atoms with Gasteiger partial charge in [0.2, 0.25) is 5.88 Å². The van der Waals surface area contributed by atoms with Crippen molar-refractivity contribution in [1.82, 2.24) is 0 Å². The third-order valence-electron chi connectivity index (χ3n) is 2.04. The maximum atomic E-state index is 10.8. The molecule has 1 aliphatic rings. The van der Waals surface area contributed by atoms with Crippen LogP contribution < -0.4 is 10.7 Å². The summed E-state index contributed by atoms with van der Waals surface area (Å²) in [6.45, 7) is 2.11. The second-order valence-electron chi connectivity index (χ2n) is 2.96. The standard InChI is InChI=1S/C8H11NO4/c1-11-5-6-7(9-3-2-4-9)13-8(10)12-6/h2-5H2,1H3. The molecule has 1 aliphatic heterocycles. The van der Waals surface area contributed by atoms with Crippen LogP contribution in [-0.2, 0) is 11.3 Å². The van der Waals surface area contributed by atoms with Gasteiger partial charge < -0.3 is 18.5 Å². The topological polar surface area (TPSA) is 55.8 Å². The van der Waals surface area contributed by atoms with Gasteiger partial charge in [0, 0.05) is 20.2 Å². The van der Waals surface area contributed by atoms with Gasteiger partial charge in [0.25, 0.3) is 0 Å². The largest absolute Gasteiger partial charge is 0.520 e. The summed E-state index contributed by atoms with van der Waals surface area (Å²) in [5.41, 5.74) is 0. The highest BCUT2D eigenvalue weighted by Gasteiger charge is 2.23. The maximum absolute atomic E-state index is 10.8. The van der Waals surface area contributed by atoms with Crippen molar-refractivity contribution in [2.45, 2.75) is 13.0 Å². The molecule has 0 amide bonds. The Morgan fingerprint density at radius 2 is 2.23 bits per heavy atom. The fraction of sp³-hybridized carbons (Fsp3) is 0.625. The number of hydrogen-bond donors (Lipinski definition) is 0. The molecule has 0 atom stereocenters. The molecule has 1 fully saturated rings. The second kappa shape index (κ2) is 3.26. The Labute approximate surface area is 74.9 Å².